The largest absolute Gasteiger partial charge is 0.375 e. The summed E-state index contributed by atoms with van der Waals surface area (Å²) in [7, 11) is 1.46. The van der Waals surface area contributed by atoms with Crippen LogP contribution in [0.3, 0.4) is 0 Å². The van der Waals surface area contributed by atoms with Gasteiger partial charge in [0, 0.05) is 37.1 Å². The van der Waals surface area contributed by atoms with E-state index in [-0.39, 0.29) is 18.4 Å². The summed E-state index contributed by atoms with van der Waals surface area (Å²) in [4.78, 5) is 34.3. The lowest BCUT2D eigenvalue weighted by Crippen LogP contribution is -2.17. The van der Waals surface area contributed by atoms with E-state index in [1.807, 2.05) is 6.92 Å². The average Bonchev–Trinajstić information content (AvgIpc) is 2.89. The predicted octanol–water partition coefficient (Wildman–Crippen LogP) is 3.30. The number of hydrogen-bond donors (Lipinski definition) is 2. The molecule has 0 saturated heterocycles. The van der Waals surface area contributed by atoms with E-state index in [1.165, 1.54) is 13.5 Å². The van der Waals surface area contributed by atoms with Crippen molar-refractivity contribution in [2.75, 3.05) is 24.4 Å². The van der Waals surface area contributed by atoms with E-state index < -0.39 is 0 Å². The fourth-order valence-corrected chi connectivity index (χ4v) is 3.79. The van der Waals surface area contributed by atoms with Crippen molar-refractivity contribution in [1.82, 2.24) is 14.5 Å². The zero-order valence-electron chi connectivity index (χ0n) is 17.2. The summed E-state index contributed by atoms with van der Waals surface area (Å²) < 4.78 is 6.98. The van der Waals surface area contributed by atoms with Gasteiger partial charge in [-0.15, -0.1) is 0 Å². The number of nitrogens with zero attached hydrogens (tertiary/aromatic N) is 3. The Labute approximate surface area is 174 Å². The molecular formula is C22H25N5O3. The van der Waals surface area contributed by atoms with E-state index in [9.17, 15) is 9.59 Å². The third-order valence-electron chi connectivity index (χ3n) is 5.12. The van der Waals surface area contributed by atoms with Gasteiger partial charge in [0.2, 0.25) is 5.91 Å². The third kappa shape index (κ3) is 4.18. The normalized spacial score (nSPS) is 13.5. The third-order valence-corrected chi connectivity index (χ3v) is 5.12. The van der Waals surface area contributed by atoms with Gasteiger partial charge in [0.05, 0.1) is 5.56 Å². The highest BCUT2D eigenvalue weighted by Crippen LogP contribution is 2.25. The Balaban J connectivity index is 1.62. The molecule has 1 aromatic carbocycles. The number of carbonyl (C=O) groups excluding carboxylic acids is 2. The number of amides is 2. The van der Waals surface area contributed by atoms with Crippen molar-refractivity contribution in [1.29, 1.82) is 0 Å². The molecule has 8 nitrogen and oxygen atoms in total. The molecule has 4 rings (SSSR count). The van der Waals surface area contributed by atoms with E-state index in [0.29, 0.717) is 22.5 Å². The summed E-state index contributed by atoms with van der Waals surface area (Å²) in [6, 6.07) is 8.78. The Morgan fingerprint density at radius 1 is 1.10 bits per heavy atom. The Morgan fingerprint density at radius 3 is 2.70 bits per heavy atom. The first-order valence-corrected chi connectivity index (χ1v) is 10.1. The molecular weight excluding hydrogens is 382 g/mol. The standard InChI is InChI=1S/C22H25N5O3/c1-14-11-17(20-21(23-14)27-10-5-3-4-9-18(27)26-20)22(29)25-16-8-6-7-15(12-16)24-19(28)13-30-2/h6-8,11-12H,3-5,9-10,13H2,1-2H3,(H,24,28)(H,25,29). The van der Waals surface area contributed by atoms with E-state index >= 15 is 0 Å². The second-order valence-corrected chi connectivity index (χ2v) is 7.49. The van der Waals surface area contributed by atoms with Gasteiger partial charge in [0.25, 0.3) is 5.91 Å². The summed E-state index contributed by atoms with van der Waals surface area (Å²) in [6.07, 6.45) is 4.28. The number of rotatable bonds is 5. The van der Waals surface area contributed by atoms with Crippen LogP contribution in [0.25, 0.3) is 11.2 Å². The molecule has 8 heteroatoms. The van der Waals surface area contributed by atoms with Crippen LogP contribution in [0.2, 0.25) is 0 Å². The number of aryl methyl sites for hydroxylation is 3. The Kier molecular flexibility index (Phi) is 5.76. The molecule has 1 aliphatic heterocycles. The van der Waals surface area contributed by atoms with Crippen LogP contribution in [0.15, 0.2) is 30.3 Å². The van der Waals surface area contributed by atoms with Gasteiger partial charge in [-0.3, -0.25) is 9.59 Å². The van der Waals surface area contributed by atoms with E-state index in [0.717, 1.165) is 43.0 Å². The van der Waals surface area contributed by atoms with Crippen LogP contribution in [0.5, 0.6) is 0 Å². The van der Waals surface area contributed by atoms with E-state index in [2.05, 4.69) is 20.2 Å². The maximum absolute atomic E-state index is 13.1. The van der Waals surface area contributed by atoms with Gasteiger partial charge in [-0.2, -0.15) is 0 Å². The van der Waals surface area contributed by atoms with Crippen LogP contribution < -0.4 is 10.6 Å². The molecule has 30 heavy (non-hydrogen) atoms. The number of pyridine rings is 1. The number of benzene rings is 1. The highest BCUT2D eigenvalue weighted by Gasteiger charge is 2.21. The van der Waals surface area contributed by atoms with Crippen molar-refractivity contribution in [2.24, 2.45) is 0 Å². The fourth-order valence-electron chi connectivity index (χ4n) is 3.79. The molecule has 1 aliphatic rings. The average molecular weight is 407 g/mol. The minimum Gasteiger partial charge on any atom is -0.375 e. The minimum absolute atomic E-state index is 0.0319. The molecule has 0 radical (unpaired) electrons. The van der Waals surface area contributed by atoms with Crippen molar-refractivity contribution in [3.63, 3.8) is 0 Å². The van der Waals surface area contributed by atoms with Gasteiger partial charge in [-0.25, -0.2) is 9.97 Å². The first-order valence-electron chi connectivity index (χ1n) is 10.1. The first kappa shape index (κ1) is 20.0. The molecule has 3 aromatic rings. The smallest absolute Gasteiger partial charge is 0.258 e. The summed E-state index contributed by atoms with van der Waals surface area (Å²) in [6.45, 7) is 2.74. The number of nitrogens with one attached hydrogen (secondary N) is 2. The van der Waals surface area contributed by atoms with Gasteiger partial charge >= 0.3 is 0 Å². The highest BCUT2D eigenvalue weighted by molar-refractivity contribution is 6.11. The molecule has 0 spiro atoms. The van der Waals surface area contributed by atoms with Gasteiger partial charge in [-0.1, -0.05) is 12.5 Å². The molecule has 0 unspecified atom stereocenters. The molecule has 0 aliphatic carbocycles. The quantitative estimate of drug-likeness (QED) is 0.676. The van der Waals surface area contributed by atoms with Gasteiger partial charge in [0.15, 0.2) is 5.65 Å². The molecule has 0 atom stereocenters. The SMILES string of the molecule is COCC(=O)Nc1cccc(NC(=O)c2cc(C)nc3c2nc2n3CCCCC2)c1. The molecule has 0 saturated carbocycles. The van der Waals surface area contributed by atoms with Gasteiger partial charge < -0.3 is 19.9 Å². The van der Waals surface area contributed by atoms with Crippen molar-refractivity contribution >= 4 is 34.4 Å². The summed E-state index contributed by atoms with van der Waals surface area (Å²) in [5.41, 5.74) is 3.86. The van der Waals surface area contributed by atoms with Crippen LogP contribution in [-0.2, 0) is 22.5 Å². The number of anilines is 2. The number of carbonyl (C=O) groups is 2. The lowest BCUT2D eigenvalue weighted by molar-refractivity contribution is -0.119. The second kappa shape index (κ2) is 8.62. The first-order chi connectivity index (χ1) is 14.5. The zero-order valence-corrected chi connectivity index (χ0v) is 17.2. The number of aromatic nitrogens is 3. The highest BCUT2D eigenvalue weighted by atomic mass is 16.5. The van der Waals surface area contributed by atoms with Crippen LogP contribution in [0.1, 0.15) is 41.1 Å². The predicted molar refractivity (Wildman–Crippen MR) is 115 cm³/mol. The van der Waals surface area contributed by atoms with E-state index in [4.69, 9.17) is 9.72 Å². The number of imidazole rings is 1. The summed E-state index contributed by atoms with van der Waals surface area (Å²) >= 11 is 0. The summed E-state index contributed by atoms with van der Waals surface area (Å²) in [5, 5.41) is 5.65. The van der Waals surface area contributed by atoms with Gasteiger partial charge in [-0.05, 0) is 44.0 Å². The van der Waals surface area contributed by atoms with Crippen molar-refractivity contribution in [3.05, 3.63) is 47.4 Å². The van der Waals surface area contributed by atoms with Crippen molar-refractivity contribution < 1.29 is 14.3 Å². The summed E-state index contributed by atoms with van der Waals surface area (Å²) in [5.74, 6) is 0.489. The number of hydrogen-bond acceptors (Lipinski definition) is 5. The number of fused-ring (bicyclic) bond motifs is 3. The van der Waals surface area contributed by atoms with Crippen LogP contribution in [0.4, 0.5) is 11.4 Å². The van der Waals surface area contributed by atoms with Crippen LogP contribution >= 0.6 is 0 Å². The van der Waals surface area contributed by atoms with Crippen molar-refractivity contribution in [3.8, 4) is 0 Å². The number of methoxy groups -OCH3 is 1. The molecule has 2 N–H and O–H groups in total. The maximum atomic E-state index is 13.1. The molecule has 0 bridgehead atoms. The Hall–Kier alpha value is -3.26. The van der Waals surface area contributed by atoms with Crippen LogP contribution in [0, 0.1) is 6.92 Å². The molecule has 0 fully saturated rings. The maximum Gasteiger partial charge on any atom is 0.258 e. The zero-order chi connectivity index (χ0) is 21.1. The Morgan fingerprint density at radius 2 is 1.90 bits per heavy atom. The lowest BCUT2D eigenvalue weighted by Gasteiger charge is -2.10. The molecule has 156 valence electrons. The molecule has 3 heterocycles. The minimum atomic E-state index is -0.257. The molecule has 2 aromatic heterocycles. The fraction of sp³-hybridized carbons (Fsp3) is 0.364. The monoisotopic (exact) mass is 407 g/mol. The Bertz CT molecular complexity index is 1110. The molecule has 2 amide bonds. The van der Waals surface area contributed by atoms with Crippen molar-refractivity contribution in [2.45, 2.75) is 39.2 Å². The topological polar surface area (TPSA) is 98.1 Å². The second-order valence-electron chi connectivity index (χ2n) is 7.49. The van der Waals surface area contributed by atoms with Gasteiger partial charge in [0.1, 0.15) is 17.9 Å². The lowest BCUT2D eigenvalue weighted by atomic mass is 10.1. The van der Waals surface area contributed by atoms with E-state index in [1.54, 1.807) is 30.3 Å². The number of ether oxygens (including phenoxy) is 1. The van der Waals surface area contributed by atoms with Crippen LogP contribution in [-0.4, -0.2) is 40.1 Å².